The topological polar surface area (TPSA) is 52.3 Å². The molecule has 0 aliphatic carbocycles. The van der Waals surface area contributed by atoms with Gasteiger partial charge in [0.25, 0.3) is 0 Å². The lowest BCUT2D eigenvalue weighted by Gasteiger charge is -1.96. The first-order valence-corrected chi connectivity index (χ1v) is 2.95. The van der Waals surface area contributed by atoms with E-state index < -0.39 is 11.8 Å². The van der Waals surface area contributed by atoms with Gasteiger partial charge in [0.05, 0.1) is 6.61 Å². The van der Waals surface area contributed by atoms with E-state index >= 15 is 0 Å². The Bertz CT molecular complexity index is 145. The molecule has 0 unspecified atom stereocenters. The molecule has 4 heteroatoms. The molecule has 58 valence electrons. The number of hydrogen-bond donors (Lipinski definition) is 1. The number of carbonyl (C=O) groups is 1. The van der Waals surface area contributed by atoms with Crippen LogP contribution in [0.4, 0.5) is 4.39 Å². The van der Waals surface area contributed by atoms with Crippen LogP contribution in [-0.4, -0.2) is 19.1 Å². The van der Waals surface area contributed by atoms with E-state index in [9.17, 15) is 9.18 Å². The summed E-state index contributed by atoms with van der Waals surface area (Å²) in [5.74, 6) is -1.88. The molecule has 0 amide bonds. The average Bonchev–Trinajstić information content (AvgIpc) is 1.89. The second-order valence-electron chi connectivity index (χ2n) is 1.51. The maximum absolute atomic E-state index is 12.3. The highest BCUT2D eigenvalue weighted by atomic mass is 19.1. The molecule has 0 rings (SSSR count). The van der Waals surface area contributed by atoms with Crippen LogP contribution in [0, 0.1) is 0 Å². The SMILES string of the molecule is CCOC(=O)C(F)=CCN. The summed E-state index contributed by atoms with van der Waals surface area (Å²) in [5, 5.41) is 0. The van der Waals surface area contributed by atoms with E-state index in [1.54, 1.807) is 6.92 Å². The van der Waals surface area contributed by atoms with Gasteiger partial charge in [0, 0.05) is 6.54 Å². The minimum atomic E-state index is -0.951. The van der Waals surface area contributed by atoms with Crippen LogP contribution in [0.2, 0.25) is 0 Å². The third-order valence-corrected chi connectivity index (χ3v) is 0.767. The zero-order valence-electron chi connectivity index (χ0n) is 5.76. The highest BCUT2D eigenvalue weighted by Gasteiger charge is 2.06. The molecule has 0 aromatic carbocycles. The van der Waals surface area contributed by atoms with Crippen molar-refractivity contribution < 1.29 is 13.9 Å². The molecule has 0 atom stereocenters. The van der Waals surface area contributed by atoms with Crippen LogP contribution in [0.25, 0.3) is 0 Å². The Balaban J connectivity index is 3.82. The summed E-state index contributed by atoms with van der Waals surface area (Å²) in [6.45, 7) is 1.78. The first kappa shape index (κ1) is 9.10. The second-order valence-corrected chi connectivity index (χ2v) is 1.51. The molecule has 0 aromatic rings. The summed E-state index contributed by atoms with van der Waals surface area (Å²) in [4.78, 5) is 10.4. The fraction of sp³-hybridized carbons (Fsp3) is 0.500. The monoisotopic (exact) mass is 147 g/mol. The molecule has 0 saturated heterocycles. The Morgan fingerprint density at radius 3 is 2.80 bits per heavy atom. The Morgan fingerprint density at radius 2 is 2.40 bits per heavy atom. The van der Waals surface area contributed by atoms with Crippen molar-refractivity contribution in [2.24, 2.45) is 5.73 Å². The Labute approximate surface area is 58.7 Å². The van der Waals surface area contributed by atoms with Gasteiger partial charge in [0.15, 0.2) is 0 Å². The van der Waals surface area contributed by atoms with Crippen molar-refractivity contribution in [3.8, 4) is 0 Å². The van der Waals surface area contributed by atoms with Crippen LogP contribution < -0.4 is 5.73 Å². The van der Waals surface area contributed by atoms with Crippen molar-refractivity contribution in [1.29, 1.82) is 0 Å². The Morgan fingerprint density at radius 1 is 1.80 bits per heavy atom. The molecule has 0 fully saturated rings. The van der Waals surface area contributed by atoms with E-state index in [2.05, 4.69) is 4.74 Å². The minimum absolute atomic E-state index is 0.00461. The molecule has 0 aliphatic rings. The lowest BCUT2D eigenvalue weighted by atomic mass is 10.5. The zero-order chi connectivity index (χ0) is 7.98. The maximum Gasteiger partial charge on any atom is 0.366 e. The average molecular weight is 147 g/mol. The maximum atomic E-state index is 12.3. The summed E-state index contributed by atoms with van der Waals surface area (Å²) in [7, 11) is 0. The lowest BCUT2D eigenvalue weighted by Crippen LogP contribution is -2.06. The van der Waals surface area contributed by atoms with Crippen molar-refractivity contribution in [1.82, 2.24) is 0 Å². The van der Waals surface area contributed by atoms with Gasteiger partial charge < -0.3 is 10.5 Å². The number of ether oxygens (including phenoxy) is 1. The van der Waals surface area contributed by atoms with E-state index in [-0.39, 0.29) is 13.2 Å². The van der Waals surface area contributed by atoms with Gasteiger partial charge in [-0.3, -0.25) is 0 Å². The third kappa shape index (κ3) is 3.19. The fourth-order valence-electron chi connectivity index (χ4n) is 0.387. The Kier molecular flexibility index (Phi) is 4.49. The quantitative estimate of drug-likeness (QED) is 0.463. The smallest absolute Gasteiger partial charge is 0.366 e. The number of rotatable bonds is 3. The molecule has 0 bridgehead atoms. The predicted molar refractivity (Wildman–Crippen MR) is 34.9 cm³/mol. The van der Waals surface area contributed by atoms with E-state index in [1.165, 1.54) is 0 Å². The van der Waals surface area contributed by atoms with Gasteiger partial charge in [-0.25, -0.2) is 4.79 Å². The molecule has 10 heavy (non-hydrogen) atoms. The fourth-order valence-corrected chi connectivity index (χ4v) is 0.387. The molecule has 0 saturated carbocycles. The molecule has 0 radical (unpaired) electrons. The molecule has 3 nitrogen and oxygen atoms in total. The van der Waals surface area contributed by atoms with Crippen molar-refractivity contribution in [3.05, 3.63) is 11.9 Å². The van der Waals surface area contributed by atoms with Crippen LogP contribution in [0.3, 0.4) is 0 Å². The van der Waals surface area contributed by atoms with Crippen molar-refractivity contribution in [2.45, 2.75) is 6.92 Å². The number of halogens is 1. The van der Waals surface area contributed by atoms with Gasteiger partial charge in [0.1, 0.15) is 0 Å². The largest absolute Gasteiger partial charge is 0.461 e. The van der Waals surface area contributed by atoms with E-state index in [4.69, 9.17) is 5.73 Å². The van der Waals surface area contributed by atoms with Crippen LogP contribution in [0.5, 0.6) is 0 Å². The first-order valence-electron chi connectivity index (χ1n) is 2.95. The summed E-state index contributed by atoms with van der Waals surface area (Å²) < 4.78 is 16.6. The number of nitrogens with two attached hydrogens (primary N) is 1. The highest BCUT2D eigenvalue weighted by Crippen LogP contribution is 1.97. The first-order chi connectivity index (χ1) is 4.72. The molecule has 2 N–H and O–H groups in total. The number of carbonyl (C=O) groups excluding carboxylic acids is 1. The van der Waals surface area contributed by atoms with Crippen molar-refractivity contribution in [3.63, 3.8) is 0 Å². The minimum Gasteiger partial charge on any atom is -0.461 e. The van der Waals surface area contributed by atoms with Gasteiger partial charge in [-0.05, 0) is 13.0 Å². The van der Waals surface area contributed by atoms with Crippen LogP contribution in [-0.2, 0) is 9.53 Å². The zero-order valence-corrected chi connectivity index (χ0v) is 5.76. The third-order valence-electron chi connectivity index (χ3n) is 0.767. The van der Waals surface area contributed by atoms with Gasteiger partial charge in [-0.1, -0.05) is 0 Å². The van der Waals surface area contributed by atoms with Gasteiger partial charge >= 0.3 is 5.97 Å². The highest BCUT2D eigenvalue weighted by molar-refractivity contribution is 5.85. The van der Waals surface area contributed by atoms with Crippen LogP contribution in [0.15, 0.2) is 11.9 Å². The molecule has 0 aliphatic heterocycles. The molecule has 0 spiro atoms. The van der Waals surface area contributed by atoms with Crippen molar-refractivity contribution in [2.75, 3.05) is 13.2 Å². The number of esters is 1. The summed E-state index contributed by atoms with van der Waals surface area (Å²) in [5.41, 5.74) is 4.94. The van der Waals surface area contributed by atoms with Crippen LogP contribution in [0.1, 0.15) is 6.92 Å². The van der Waals surface area contributed by atoms with Gasteiger partial charge in [-0.15, -0.1) is 0 Å². The van der Waals surface area contributed by atoms with Crippen LogP contribution >= 0.6 is 0 Å². The van der Waals surface area contributed by atoms with Gasteiger partial charge in [-0.2, -0.15) is 4.39 Å². The summed E-state index contributed by atoms with van der Waals surface area (Å²) >= 11 is 0. The van der Waals surface area contributed by atoms with E-state index in [1.807, 2.05) is 0 Å². The molecular formula is C6H10FNO2. The molecular weight excluding hydrogens is 137 g/mol. The Hall–Kier alpha value is -0.900. The lowest BCUT2D eigenvalue weighted by molar-refractivity contribution is -0.140. The summed E-state index contributed by atoms with van der Waals surface area (Å²) in [6.07, 6.45) is 0.970. The summed E-state index contributed by atoms with van der Waals surface area (Å²) in [6, 6.07) is 0. The second kappa shape index (κ2) is 4.93. The predicted octanol–water partition coefficient (Wildman–Crippen LogP) is 0.362. The molecule has 0 aromatic heterocycles. The van der Waals surface area contributed by atoms with E-state index in [0.29, 0.717) is 0 Å². The molecule has 0 heterocycles. The van der Waals surface area contributed by atoms with Gasteiger partial charge in [0.2, 0.25) is 5.83 Å². The van der Waals surface area contributed by atoms with Crippen molar-refractivity contribution >= 4 is 5.97 Å². The van der Waals surface area contributed by atoms with E-state index in [0.717, 1.165) is 6.08 Å². The number of hydrogen-bond acceptors (Lipinski definition) is 3. The standard InChI is InChI=1S/C6H10FNO2/c1-2-10-6(9)5(7)3-4-8/h3H,2,4,8H2,1H3. The normalized spacial score (nSPS) is 11.3.